The number of guanidine groups is 1. The van der Waals surface area contributed by atoms with Crippen LogP contribution in [0.25, 0.3) is 0 Å². The van der Waals surface area contributed by atoms with Crippen molar-refractivity contribution in [1.29, 1.82) is 0 Å². The van der Waals surface area contributed by atoms with E-state index in [9.17, 15) is 4.79 Å². The lowest BCUT2D eigenvalue weighted by Gasteiger charge is -2.13. The van der Waals surface area contributed by atoms with Gasteiger partial charge in [0.05, 0.1) is 0 Å². The molecule has 1 atom stereocenters. The van der Waals surface area contributed by atoms with Gasteiger partial charge in [-0.05, 0) is 31.9 Å². The van der Waals surface area contributed by atoms with Gasteiger partial charge in [-0.2, -0.15) is 0 Å². The first-order valence-electron chi connectivity index (χ1n) is 5.37. The summed E-state index contributed by atoms with van der Waals surface area (Å²) >= 11 is 0. The quantitative estimate of drug-likeness (QED) is 0.536. The maximum Gasteiger partial charge on any atom is 0.249 e. The fourth-order valence-electron chi connectivity index (χ4n) is 1.52. The van der Waals surface area contributed by atoms with Gasteiger partial charge in [0.25, 0.3) is 0 Å². The van der Waals surface area contributed by atoms with Gasteiger partial charge in [-0.1, -0.05) is 18.2 Å². The fourth-order valence-corrected chi connectivity index (χ4v) is 1.52. The number of para-hydroxylation sites is 1. The molecule has 0 spiro atoms. The highest BCUT2D eigenvalue weighted by atomic mass is 16.2. The highest BCUT2D eigenvalue weighted by Crippen LogP contribution is 2.19. The minimum atomic E-state index is -0.598. The predicted octanol–water partition coefficient (Wildman–Crippen LogP) is 0.904. The number of aliphatic imine (C=N–C) groups is 1. The summed E-state index contributed by atoms with van der Waals surface area (Å²) < 4.78 is 0. The Morgan fingerprint density at radius 3 is 2.29 bits per heavy atom. The van der Waals surface area contributed by atoms with Gasteiger partial charge in [-0.3, -0.25) is 4.79 Å². The average Bonchev–Trinajstić information content (AvgIpc) is 2.22. The Labute approximate surface area is 101 Å². The van der Waals surface area contributed by atoms with Gasteiger partial charge < -0.3 is 16.8 Å². The van der Waals surface area contributed by atoms with E-state index in [1.807, 2.05) is 32.0 Å². The first kappa shape index (κ1) is 13.0. The van der Waals surface area contributed by atoms with Crippen LogP contribution in [0.4, 0.5) is 5.69 Å². The molecular weight excluding hydrogens is 216 g/mol. The average molecular weight is 234 g/mol. The monoisotopic (exact) mass is 234 g/mol. The van der Waals surface area contributed by atoms with Crippen molar-refractivity contribution in [3.05, 3.63) is 29.3 Å². The van der Waals surface area contributed by atoms with Crippen molar-refractivity contribution in [2.24, 2.45) is 16.5 Å². The number of anilines is 1. The Morgan fingerprint density at radius 1 is 1.29 bits per heavy atom. The van der Waals surface area contributed by atoms with Gasteiger partial charge in [0.1, 0.15) is 6.04 Å². The Morgan fingerprint density at radius 2 is 1.82 bits per heavy atom. The zero-order valence-electron chi connectivity index (χ0n) is 10.3. The summed E-state index contributed by atoms with van der Waals surface area (Å²) in [6, 6.07) is 5.22. The van der Waals surface area contributed by atoms with Crippen LogP contribution in [0.2, 0.25) is 0 Å². The maximum atomic E-state index is 11.8. The summed E-state index contributed by atoms with van der Waals surface area (Å²) in [5.74, 6) is -0.315. The molecule has 0 saturated heterocycles. The summed E-state index contributed by atoms with van der Waals surface area (Å²) in [6.07, 6.45) is 0. The number of aryl methyl sites for hydroxylation is 2. The minimum absolute atomic E-state index is 0.0887. The molecule has 0 fully saturated rings. The molecule has 0 radical (unpaired) electrons. The van der Waals surface area contributed by atoms with Crippen LogP contribution in [-0.2, 0) is 4.79 Å². The van der Waals surface area contributed by atoms with Crippen LogP contribution < -0.4 is 16.8 Å². The Bertz CT molecular complexity index is 430. The van der Waals surface area contributed by atoms with Gasteiger partial charge in [-0.25, -0.2) is 4.99 Å². The molecule has 1 rings (SSSR count). The number of nitrogens with zero attached hydrogens (tertiary/aromatic N) is 1. The number of rotatable bonds is 3. The molecule has 0 saturated carbocycles. The molecule has 0 aromatic heterocycles. The second-order valence-corrected chi connectivity index (χ2v) is 3.99. The largest absolute Gasteiger partial charge is 0.370 e. The molecule has 0 unspecified atom stereocenters. The van der Waals surface area contributed by atoms with Crippen molar-refractivity contribution >= 4 is 17.6 Å². The van der Waals surface area contributed by atoms with Crippen molar-refractivity contribution in [3.8, 4) is 0 Å². The lowest BCUT2D eigenvalue weighted by molar-refractivity contribution is -0.117. The molecular formula is C12H18N4O. The van der Waals surface area contributed by atoms with Crippen LogP contribution in [0.5, 0.6) is 0 Å². The Balaban J connectivity index is 2.85. The molecule has 92 valence electrons. The van der Waals surface area contributed by atoms with E-state index < -0.39 is 6.04 Å². The predicted molar refractivity (Wildman–Crippen MR) is 69.8 cm³/mol. The Kier molecular flexibility index (Phi) is 4.09. The molecule has 0 aliphatic carbocycles. The molecule has 0 bridgehead atoms. The van der Waals surface area contributed by atoms with E-state index in [2.05, 4.69) is 10.3 Å². The second kappa shape index (κ2) is 5.34. The molecule has 5 nitrogen and oxygen atoms in total. The van der Waals surface area contributed by atoms with E-state index in [1.165, 1.54) is 0 Å². The molecule has 1 amide bonds. The lowest BCUT2D eigenvalue weighted by atomic mass is 10.1. The number of benzene rings is 1. The number of hydrogen-bond acceptors (Lipinski definition) is 2. The summed E-state index contributed by atoms with van der Waals surface area (Å²) in [6.45, 7) is 5.52. The standard InChI is InChI=1S/C12H18N4O/c1-7-5-4-6-8(2)10(7)16-11(17)9(3)15-12(13)14/h4-6,9H,1-3H3,(H,16,17)(H4,13,14,15)/t9-/m0/s1. The first-order chi connectivity index (χ1) is 7.91. The number of nitrogens with two attached hydrogens (primary N) is 2. The van der Waals surface area contributed by atoms with Gasteiger partial charge in [0.15, 0.2) is 5.96 Å². The minimum Gasteiger partial charge on any atom is -0.370 e. The van der Waals surface area contributed by atoms with Crippen molar-refractivity contribution in [1.82, 2.24) is 0 Å². The fraction of sp³-hybridized carbons (Fsp3) is 0.333. The number of carbonyl (C=O) groups is 1. The summed E-state index contributed by atoms with van der Waals surface area (Å²) in [4.78, 5) is 15.6. The molecule has 17 heavy (non-hydrogen) atoms. The normalized spacial score (nSPS) is 11.7. The highest BCUT2D eigenvalue weighted by Gasteiger charge is 2.13. The zero-order valence-corrected chi connectivity index (χ0v) is 10.3. The van der Waals surface area contributed by atoms with Crippen LogP contribution in [-0.4, -0.2) is 17.9 Å². The van der Waals surface area contributed by atoms with Crippen LogP contribution in [0, 0.1) is 13.8 Å². The Hall–Kier alpha value is -2.04. The maximum absolute atomic E-state index is 11.8. The first-order valence-corrected chi connectivity index (χ1v) is 5.37. The number of carbonyl (C=O) groups excluding carboxylic acids is 1. The summed E-state index contributed by atoms with van der Waals surface area (Å²) in [7, 11) is 0. The number of amides is 1. The van der Waals surface area contributed by atoms with Crippen LogP contribution in [0.15, 0.2) is 23.2 Å². The third-order valence-corrected chi connectivity index (χ3v) is 2.45. The van der Waals surface area contributed by atoms with E-state index in [1.54, 1.807) is 6.92 Å². The van der Waals surface area contributed by atoms with Crippen molar-refractivity contribution < 1.29 is 4.79 Å². The van der Waals surface area contributed by atoms with Crippen molar-refractivity contribution in [2.45, 2.75) is 26.8 Å². The SMILES string of the molecule is Cc1cccc(C)c1NC(=O)[C@H](C)N=C(N)N. The van der Waals surface area contributed by atoms with Gasteiger partial charge in [0, 0.05) is 5.69 Å². The van der Waals surface area contributed by atoms with E-state index in [0.29, 0.717) is 0 Å². The number of hydrogen-bond donors (Lipinski definition) is 3. The topological polar surface area (TPSA) is 93.5 Å². The van der Waals surface area contributed by atoms with Crippen LogP contribution in [0.3, 0.4) is 0 Å². The molecule has 0 aliphatic heterocycles. The highest BCUT2D eigenvalue weighted by molar-refractivity contribution is 5.97. The van der Waals surface area contributed by atoms with E-state index in [4.69, 9.17) is 11.5 Å². The molecule has 0 heterocycles. The van der Waals surface area contributed by atoms with Crippen LogP contribution in [0.1, 0.15) is 18.1 Å². The second-order valence-electron chi connectivity index (χ2n) is 3.99. The van der Waals surface area contributed by atoms with Gasteiger partial charge in [0.2, 0.25) is 5.91 Å². The van der Waals surface area contributed by atoms with Gasteiger partial charge >= 0.3 is 0 Å². The van der Waals surface area contributed by atoms with Crippen molar-refractivity contribution in [3.63, 3.8) is 0 Å². The van der Waals surface area contributed by atoms with Crippen molar-refractivity contribution in [2.75, 3.05) is 5.32 Å². The van der Waals surface area contributed by atoms with Gasteiger partial charge in [-0.15, -0.1) is 0 Å². The van der Waals surface area contributed by atoms with E-state index >= 15 is 0 Å². The molecule has 5 heteroatoms. The molecule has 1 aromatic rings. The lowest BCUT2D eigenvalue weighted by Crippen LogP contribution is -2.30. The zero-order chi connectivity index (χ0) is 13.0. The third kappa shape index (κ3) is 3.48. The molecule has 0 aliphatic rings. The summed E-state index contributed by atoms with van der Waals surface area (Å²) in [5.41, 5.74) is 13.3. The smallest absolute Gasteiger partial charge is 0.249 e. The molecule has 1 aromatic carbocycles. The number of nitrogens with one attached hydrogen (secondary N) is 1. The third-order valence-electron chi connectivity index (χ3n) is 2.45. The van der Waals surface area contributed by atoms with Crippen LogP contribution >= 0.6 is 0 Å². The summed E-state index contributed by atoms with van der Waals surface area (Å²) in [5, 5.41) is 2.83. The van der Waals surface area contributed by atoms with E-state index in [-0.39, 0.29) is 11.9 Å². The molecule has 5 N–H and O–H groups in total. The van der Waals surface area contributed by atoms with E-state index in [0.717, 1.165) is 16.8 Å².